The first-order valence-corrected chi connectivity index (χ1v) is 12.3. The van der Waals surface area contributed by atoms with Crippen molar-refractivity contribution in [2.24, 2.45) is 0 Å². The van der Waals surface area contributed by atoms with Crippen molar-refractivity contribution in [3.05, 3.63) is 59.6 Å². The molecule has 3 aliphatic rings. The van der Waals surface area contributed by atoms with Crippen molar-refractivity contribution in [2.45, 2.75) is 50.7 Å². The number of aromatic nitrogens is 2. The molecule has 1 aromatic heterocycles. The summed E-state index contributed by atoms with van der Waals surface area (Å²) in [4.78, 5) is 53.5. The Balaban J connectivity index is 1.24. The van der Waals surface area contributed by atoms with Crippen molar-refractivity contribution in [2.75, 3.05) is 18.4 Å². The molecule has 0 radical (unpaired) electrons. The topological polar surface area (TPSA) is 140 Å². The molecule has 11 heteroatoms. The Bertz CT molecular complexity index is 1330. The van der Waals surface area contributed by atoms with E-state index in [0.717, 1.165) is 23.3 Å². The zero-order chi connectivity index (χ0) is 26.1. The number of piperidine rings is 2. The smallest absolute Gasteiger partial charge is 0.264 e. The van der Waals surface area contributed by atoms with Gasteiger partial charge in [-0.15, -0.1) is 0 Å². The molecule has 2 saturated heterocycles. The average Bonchev–Trinajstić information content (AvgIpc) is 3.47. The molecule has 2 aromatic rings. The summed E-state index contributed by atoms with van der Waals surface area (Å²) in [5.41, 5.74) is 2.56. The molecule has 0 spiro atoms. The second-order valence-electron chi connectivity index (χ2n) is 9.48. The van der Waals surface area contributed by atoms with Gasteiger partial charge in [0.1, 0.15) is 12.5 Å². The molecule has 1 unspecified atom stereocenters. The highest BCUT2D eigenvalue weighted by molar-refractivity contribution is 6.25. The van der Waals surface area contributed by atoms with E-state index in [2.05, 4.69) is 22.3 Å². The van der Waals surface area contributed by atoms with Crippen LogP contribution in [0.1, 0.15) is 64.4 Å². The van der Waals surface area contributed by atoms with Gasteiger partial charge >= 0.3 is 0 Å². The quantitative estimate of drug-likeness (QED) is 0.577. The van der Waals surface area contributed by atoms with Crippen molar-refractivity contribution in [1.29, 1.82) is 5.26 Å². The molecule has 190 valence electrons. The molecule has 0 bridgehead atoms. The highest BCUT2D eigenvalue weighted by Crippen LogP contribution is 2.33. The van der Waals surface area contributed by atoms with Crippen LogP contribution in [-0.4, -0.2) is 62.3 Å². The molecule has 4 heterocycles. The maximum atomic E-state index is 13.3. The lowest BCUT2D eigenvalue weighted by atomic mass is 10.0. The maximum absolute atomic E-state index is 13.3. The van der Waals surface area contributed by atoms with Gasteiger partial charge in [-0.3, -0.25) is 28.8 Å². The number of nitrogens with zero attached hydrogens (tertiary/aromatic N) is 5. The van der Waals surface area contributed by atoms with Crippen molar-refractivity contribution in [3.8, 4) is 6.07 Å². The monoisotopic (exact) mass is 501 g/mol. The fourth-order valence-electron chi connectivity index (χ4n) is 5.17. The van der Waals surface area contributed by atoms with E-state index in [0.29, 0.717) is 43.9 Å². The summed E-state index contributed by atoms with van der Waals surface area (Å²) < 4.78 is 1.89. The number of rotatable bonds is 6. The van der Waals surface area contributed by atoms with Gasteiger partial charge in [-0.25, -0.2) is 0 Å². The van der Waals surface area contributed by atoms with E-state index >= 15 is 0 Å². The van der Waals surface area contributed by atoms with Gasteiger partial charge in [-0.05, 0) is 37.8 Å². The molecule has 1 aromatic carbocycles. The summed E-state index contributed by atoms with van der Waals surface area (Å²) in [5, 5.41) is 19.1. The number of anilines is 1. The number of carbonyl (C=O) groups excluding carboxylic acids is 4. The summed E-state index contributed by atoms with van der Waals surface area (Å²) in [6, 6.07) is 6.27. The zero-order valence-electron chi connectivity index (χ0n) is 20.3. The lowest BCUT2D eigenvalue weighted by molar-refractivity contribution is -0.131. The minimum absolute atomic E-state index is 0.0963. The number of carbonyl (C=O) groups is 4. The SMILES string of the molecule is C=C1CCC(N2C(=O)c3cccc(NCc4cnn(C5CCN(C(=O)CC#N)CC5)c4)c3C2=O)C(=O)N1. The number of amides is 4. The Hall–Kier alpha value is -4.46. The van der Waals surface area contributed by atoms with Crippen LogP contribution in [0.3, 0.4) is 0 Å². The summed E-state index contributed by atoms with van der Waals surface area (Å²) in [6.07, 6.45) is 5.96. The van der Waals surface area contributed by atoms with Gasteiger partial charge in [0.2, 0.25) is 11.8 Å². The molecule has 1 atom stereocenters. The standard InChI is InChI=1S/C26H27N7O4/c1-16-5-6-21(24(35)30-16)33-25(36)19-3-2-4-20(23(19)26(33)37)28-13-17-14-29-32(15-17)18-8-11-31(12-9-18)22(34)7-10-27/h2-4,14-15,18,21,28H,1,5-9,11-13H2,(H,30,35). The number of nitrogens with one attached hydrogen (secondary N) is 2. The fraction of sp³-hybridized carbons (Fsp3) is 0.385. The summed E-state index contributed by atoms with van der Waals surface area (Å²) in [7, 11) is 0. The largest absolute Gasteiger partial charge is 0.380 e. The van der Waals surface area contributed by atoms with Gasteiger partial charge in [0, 0.05) is 42.8 Å². The Kier molecular flexibility index (Phi) is 6.48. The lowest BCUT2D eigenvalue weighted by Crippen LogP contribution is -2.51. The van der Waals surface area contributed by atoms with E-state index < -0.39 is 23.8 Å². The van der Waals surface area contributed by atoms with Crippen molar-refractivity contribution in [1.82, 2.24) is 24.9 Å². The normalized spacial score (nSPS) is 20.0. The Morgan fingerprint density at radius 2 is 1.97 bits per heavy atom. The number of hydrogen-bond donors (Lipinski definition) is 2. The maximum Gasteiger partial charge on any atom is 0.264 e. The third kappa shape index (κ3) is 4.58. The Labute approximate surface area is 213 Å². The first kappa shape index (κ1) is 24.2. The molecule has 4 amide bonds. The van der Waals surface area contributed by atoms with Crippen molar-refractivity contribution in [3.63, 3.8) is 0 Å². The second kappa shape index (κ2) is 9.89. The number of benzene rings is 1. The first-order valence-electron chi connectivity index (χ1n) is 12.3. The van der Waals surface area contributed by atoms with Gasteiger partial charge in [-0.2, -0.15) is 10.4 Å². The molecule has 37 heavy (non-hydrogen) atoms. The first-order chi connectivity index (χ1) is 17.9. The number of fused-ring (bicyclic) bond motifs is 1. The Morgan fingerprint density at radius 3 is 2.70 bits per heavy atom. The number of likely N-dealkylation sites (tertiary alicyclic amines) is 1. The predicted molar refractivity (Wildman–Crippen MR) is 132 cm³/mol. The van der Waals surface area contributed by atoms with Crippen LogP contribution in [0.2, 0.25) is 0 Å². The molecular formula is C26H27N7O4. The third-order valence-corrected chi connectivity index (χ3v) is 7.14. The van der Waals surface area contributed by atoms with Crippen LogP contribution in [0.5, 0.6) is 0 Å². The van der Waals surface area contributed by atoms with Crippen LogP contribution < -0.4 is 10.6 Å². The molecule has 0 aliphatic carbocycles. The lowest BCUT2D eigenvalue weighted by Gasteiger charge is -2.31. The molecule has 5 rings (SSSR count). The second-order valence-corrected chi connectivity index (χ2v) is 9.48. The van der Waals surface area contributed by atoms with E-state index in [9.17, 15) is 19.2 Å². The summed E-state index contributed by atoms with van der Waals surface area (Å²) in [5.74, 6) is -1.48. The fourth-order valence-corrected chi connectivity index (χ4v) is 5.17. The van der Waals surface area contributed by atoms with Crippen LogP contribution >= 0.6 is 0 Å². The van der Waals surface area contributed by atoms with Gasteiger partial charge in [0.05, 0.1) is 29.4 Å². The van der Waals surface area contributed by atoms with Crippen LogP contribution in [0.25, 0.3) is 0 Å². The number of allylic oxidation sites excluding steroid dienone is 1. The van der Waals surface area contributed by atoms with Gasteiger partial charge in [-0.1, -0.05) is 12.6 Å². The molecule has 11 nitrogen and oxygen atoms in total. The van der Waals surface area contributed by atoms with E-state index in [4.69, 9.17) is 5.26 Å². The molecule has 2 N–H and O–H groups in total. The van der Waals surface area contributed by atoms with Crippen LogP contribution in [0.4, 0.5) is 5.69 Å². The van der Waals surface area contributed by atoms with E-state index in [1.165, 1.54) is 0 Å². The number of hydrogen-bond acceptors (Lipinski definition) is 7. The van der Waals surface area contributed by atoms with Crippen LogP contribution in [0, 0.1) is 11.3 Å². The average molecular weight is 502 g/mol. The van der Waals surface area contributed by atoms with Gasteiger partial charge < -0.3 is 15.5 Å². The highest BCUT2D eigenvalue weighted by atomic mass is 16.2. The predicted octanol–water partition coefficient (Wildman–Crippen LogP) is 1.96. The number of nitriles is 1. The van der Waals surface area contributed by atoms with Crippen LogP contribution in [0.15, 0.2) is 42.9 Å². The zero-order valence-corrected chi connectivity index (χ0v) is 20.3. The minimum atomic E-state index is -0.856. The van der Waals surface area contributed by atoms with E-state index in [1.807, 2.05) is 16.9 Å². The van der Waals surface area contributed by atoms with Crippen molar-refractivity contribution >= 4 is 29.3 Å². The molecule has 0 saturated carbocycles. The molecule has 3 aliphatic heterocycles. The van der Waals surface area contributed by atoms with Crippen molar-refractivity contribution < 1.29 is 19.2 Å². The van der Waals surface area contributed by atoms with E-state index in [-0.39, 0.29) is 29.5 Å². The highest BCUT2D eigenvalue weighted by Gasteiger charge is 2.45. The van der Waals surface area contributed by atoms with E-state index in [1.54, 1.807) is 29.3 Å². The summed E-state index contributed by atoms with van der Waals surface area (Å²) in [6.45, 7) is 5.33. The minimum Gasteiger partial charge on any atom is -0.380 e. The third-order valence-electron chi connectivity index (χ3n) is 7.14. The number of imide groups is 1. The molecule has 2 fully saturated rings. The summed E-state index contributed by atoms with van der Waals surface area (Å²) >= 11 is 0. The molecular weight excluding hydrogens is 474 g/mol. The van der Waals surface area contributed by atoms with Gasteiger partial charge in [0.25, 0.3) is 11.8 Å². The van der Waals surface area contributed by atoms with Crippen LogP contribution in [-0.2, 0) is 16.1 Å². The Morgan fingerprint density at radius 1 is 1.19 bits per heavy atom. The van der Waals surface area contributed by atoms with Gasteiger partial charge in [0.15, 0.2) is 0 Å².